The number of Topliss-reactive ketones (excluding diaryl/α,β-unsaturated/α-hetero) is 1. The van der Waals surface area contributed by atoms with Gasteiger partial charge >= 0.3 is 0 Å². The molecular formula is C11H7N4O. The van der Waals surface area contributed by atoms with E-state index in [0.717, 1.165) is 0 Å². The van der Waals surface area contributed by atoms with Crippen molar-refractivity contribution in [3.05, 3.63) is 47.2 Å². The van der Waals surface area contributed by atoms with Crippen LogP contribution in [0.15, 0.2) is 41.1 Å². The predicted molar refractivity (Wildman–Crippen MR) is 57.3 cm³/mol. The number of hydrogen-bond acceptors (Lipinski definition) is 4. The Morgan fingerprint density at radius 2 is 2.25 bits per heavy atom. The number of ketones is 1. The van der Waals surface area contributed by atoms with Gasteiger partial charge in [0.05, 0.1) is 23.4 Å². The van der Waals surface area contributed by atoms with E-state index in [1.165, 1.54) is 12.3 Å². The Labute approximate surface area is 91.9 Å². The van der Waals surface area contributed by atoms with Crippen LogP contribution in [-0.2, 0) is 0 Å². The van der Waals surface area contributed by atoms with Crippen LogP contribution in [0.3, 0.4) is 0 Å². The number of nitriles is 1. The van der Waals surface area contributed by atoms with Gasteiger partial charge in [-0.1, -0.05) is 12.1 Å². The van der Waals surface area contributed by atoms with Crippen molar-refractivity contribution in [2.75, 3.05) is 0 Å². The normalized spacial score (nSPS) is 13.4. The van der Waals surface area contributed by atoms with Gasteiger partial charge in [0.15, 0.2) is 11.6 Å². The van der Waals surface area contributed by atoms with Crippen LogP contribution in [0.2, 0.25) is 0 Å². The summed E-state index contributed by atoms with van der Waals surface area (Å²) < 4.78 is 0. The van der Waals surface area contributed by atoms with Crippen molar-refractivity contribution in [2.45, 2.75) is 0 Å². The van der Waals surface area contributed by atoms with Crippen LogP contribution in [0.5, 0.6) is 0 Å². The van der Waals surface area contributed by atoms with Crippen molar-refractivity contribution in [1.29, 1.82) is 5.26 Å². The van der Waals surface area contributed by atoms with Crippen molar-refractivity contribution in [2.24, 2.45) is 10.8 Å². The fourth-order valence-electron chi connectivity index (χ4n) is 1.33. The van der Waals surface area contributed by atoms with E-state index in [4.69, 9.17) is 11.0 Å². The Kier molecular flexibility index (Phi) is 2.40. The molecule has 0 bridgehead atoms. The molecule has 1 radical (unpaired) electrons. The molecule has 5 heteroatoms. The average Bonchev–Trinajstić information content (AvgIpc) is 2.74. The maximum absolute atomic E-state index is 11.9. The van der Waals surface area contributed by atoms with Gasteiger partial charge in [0.2, 0.25) is 0 Å². The van der Waals surface area contributed by atoms with E-state index in [-0.39, 0.29) is 17.2 Å². The third-order valence-electron chi connectivity index (χ3n) is 2.13. The first kappa shape index (κ1) is 9.93. The average molecular weight is 211 g/mol. The molecule has 2 N–H and O–H groups in total. The smallest absolute Gasteiger partial charge is 0.198 e. The van der Waals surface area contributed by atoms with Crippen LogP contribution in [0.4, 0.5) is 0 Å². The summed E-state index contributed by atoms with van der Waals surface area (Å²) in [6.45, 7) is 0. The van der Waals surface area contributed by atoms with Gasteiger partial charge in [-0.2, -0.15) is 10.7 Å². The fraction of sp³-hybridized carbons (Fsp3) is 0. The van der Waals surface area contributed by atoms with E-state index in [2.05, 4.69) is 10.5 Å². The summed E-state index contributed by atoms with van der Waals surface area (Å²) >= 11 is 0. The first-order chi connectivity index (χ1) is 7.72. The molecular weight excluding hydrogens is 204 g/mol. The summed E-state index contributed by atoms with van der Waals surface area (Å²) in [6.07, 6.45) is 1.32. The minimum atomic E-state index is -0.278. The summed E-state index contributed by atoms with van der Waals surface area (Å²) in [4.78, 5) is 11.9. The SMILES string of the molecule is N#Cc1cccc(C(=O)C2=C[N]N=C2N)c1. The number of carbonyl (C=O) groups excluding carboxylic acids is 1. The lowest BCUT2D eigenvalue weighted by molar-refractivity contribution is 0.104. The van der Waals surface area contributed by atoms with Crippen LogP contribution in [0, 0.1) is 11.3 Å². The number of nitrogens with zero attached hydrogens (tertiary/aromatic N) is 3. The zero-order valence-corrected chi connectivity index (χ0v) is 8.21. The number of hydrogen-bond donors (Lipinski definition) is 1. The van der Waals surface area contributed by atoms with Crippen LogP contribution >= 0.6 is 0 Å². The van der Waals surface area contributed by atoms with Crippen LogP contribution in [-0.4, -0.2) is 11.6 Å². The summed E-state index contributed by atoms with van der Waals surface area (Å²) in [7, 11) is 0. The van der Waals surface area contributed by atoms with Gasteiger partial charge in [-0.3, -0.25) is 4.79 Å². The monoisotopic (exact) mass is 211 g/mol. The van der Waals surface area contributed by atoms with Gasteiger partial charge in [0, 0.05) is 5.56 Å². The van der Waals surface area contributed by atoms with E-state index in [0.29, 0.717) is 11.1 Å². The minimum Gasteiger partial charge on any atom is -0.382 e. The first-order valence-electron chi connectivity index (χ1n) is 4.51. The lowest BCUT2D eigenvalue weighted by atomic mass is 10.0. The molecule has 2 rings (SSSR count). The summed E-state index contributed by atoms with van der Waals surface area (Å²) in [5, 5.41) is 12.3. The van der Waals surface area contributed by atoms with E-state index in [1.807, 2.05) is 6.07 Å². The number of nitrogens with two attached hydrogens (primary N) is 1. The molecule has 1 aromatic rings. The molecule has 0 fully saturated rings. The molecule has 5 nitrogen and oxygen atoms in total. The Bertz CT molecular complexity index is 551. The Morgan fingerprint density at radius 3 is 2.88 bits per heavy atom. The second kappa shape index (κ2) is 3.87. The molecule has 0 aromatic heterocycles. The van der Waals surface area contributed by atoms with Crippen LogP contribution in [0.1, 0.15) is 15.9 Å². The molecule has 1 heterocycles. The Balaban J connectivity index is 2.35. The highest BCUT2D eigenvalue weighted by atomic mass is 16.1. The third-order valence-corrected chi connectivity index (χ3v) is 2.13. The van der Waals surface area contributed by atoms with Crippen molar-refractivity contribution in [1.82, 2.24) is 5.43 Å². The number of benzene rings is 1. The predicted octanol–water partition coefficient (Wildman–Crippen LogP) is 0.515. The van der Waals surface area contributed by atoms with E-state index >= 15 is 0 Å². The largest absolute Gasteiger partial charge is 0.382 e. The fourth-order valence-corrected chi connectivity index (χ4v) is 1.33. The standard InChI is InChI=1S/C11H7N4O/c12-5-7-2-1-3-8(4-7)10(16)9-6-14-15-11(9)13/h1-4,6H,(H2,13,15). The maximum atomic E-state index is 11.9. The van der Waals surface area contributed by atoms with Gasteiger partial charge in [0.25, 0.3) is 0 Å². The van der Waals surface area contributed by atoms with Gasteiger partial charge in [-0.25, -0.2) is 0 Å². The molecule has 1 aliphatic heterocycles. The molecule has 77 valence electrons. The van der Waals surface area contributed by atoms with Crippen molar-refractivity contribution >= 4 is 11.6 Å². The van der Waals surface area contributed by atoms with Crippen molar-refractivity contribution in [3.8, 4) is 6.07 Å². The quantitative estimate of drug-likeness (QED) is 0.722. The molecule has 0 atom stereocenters. The number of carbonyl (C=O) groups is 1. The lowest BCUT2D eigenvalue weighted by Crippen LogP contribution is -2.18. The highest BCUT2D eigenvalue weighted by Gasteiger charge is 2.19. The molecule has 1 aliphatic rings. The molecule has 0 amide bonds. The van der Waals surface area contributed by atoms with Gasteiger partial charge in [0.1, 0.15) is 0 Å². The van der Waals surface area contributed by atoms with Crippen LogP contribution < -0.4 is 11.2 Å². The topological polar surface area (TPSA) is 93.3 Å². The number of rotatable bonds is 2. The Morgan fingerprint density at radius 1 is 1.44 bits per heavy atom. The van der Waals surface area contributed by atoms with Gasteiger partial charge in [-0.05, 0) is 12.1 Å². The highest BCUT2D eigenvalue weighted by Crippen LogP contribution is 2.12. The molecule has 0 aliphatic carbocycles. The maximum Gasteiger partial charge on any atom is 0.198 e. The molecule has 0 spiro atoms. The van der Waals surface area contributed by atoms with Crippen molar-refractivity contribution < 1.29 is 4.79 Å². The summed E-state index contributed by atoms with van der Waals surface area (Å²) in [6, 6.07) is 8.37. The zero-order chi connectivity index (χ0) is 11.5. The highest BCUT2D eigenvalue weighted by molar-refractivity contribution is 6.27. The second-order valence-electron chi connectivity index (χ2n) is 3.17. The Hall–Kier alpha value is -2.61. The minimum absolute atomic E-state index is 0.104. The molecule has 0 saturated carbocycles. The molecule has 0 unspecified atom stereocenters. The van der Waals surface area contributed by atoms with E-state index in [1.54, 1.807) is 18.2 Å². The van der Waals surface area contributed by atoms with Crippen LogP contribution in [0.25, 0.3) is 0 Å². The van der Waals surface area contributed by atoms with E-state index < -0.39 is 0 Å². The molecule has 0 saturated heterocycles. The molecule has 16 heavy (non-hydrogen) atoms. The first-order valence-corrected chi connectivity index (χ1v) is 4.51. The van der Waals surface area contributed by atoms with Crippen molar-refractivity contribution in [3.63, 3.8) is 0 Å². The lowest BCUT2D eigenvalue weighted by Gasteiger charge is -2.01. The zero-order valence-electron chi connectivity index (χ0n) is 8.21. The van der Waals surface area contributed by atoms with E-state index in [9.17, 15) is 4.79 Å². The summed E-state index contributed by atoms with van der Waals surface area (Å²) in [5.41, 5.74) is 10.1. The van der Waals surface area contributed by atoms with Gasteiger partial charge < -0.3 is 5.73 Å². The second-order valence-corrected chi connectivity index (χ2v) is 3.17. The molecule has 1 aromatic carbocycles. The number of amidine groups is 1. The third kappa shape index (κ3) is 1.64. The summed E-state index contributed by atoms with van der Waals surface area (Å²) in [5.74, 6) is -0.174. The van der Waals surface area contributed by atoms with Gasteiger partial charge in [-0.15, -0.1) is 5.10 Å².